The molecule has 2 aromatic rings. The largest absolute Gasteiger partial charge is 0.371 e. The van der Waals surface area contributed by atoms with Gasteiger partial charge in [-0.3, -0.25) is 0 Å². The summed E-state index contributed by atoms with van der Waals surface area (Å²) in [5, 5.41) is 0. The Morgan fingerprint density at radius 3 is 3.18 bits per heavy atom. The number of nitrogens with zero attached hydrogens (tertiary/aromatic N) is 2. The lowest BCUT2D eigenvalue weighted by Gasteiger charge is -2.24. The quantitative estimate of drug-likeness (QED) is 0.807. The van der Waals surface area contributed by atoms with E-state index in [4.69, 9.17) is 4.74 Å². The zero-order valence-corrected chi connectivity index (χ0v) is 11.0. The van der Waals surface area contributed by atoms with Gasteiger partial charge in [-0.15, -0.1) is 0 Å². The third-order valence-electron chi connectivity index (χ3n) is 3.16. The predicted molar refractivity (Wildman–Crippen MR) is 66.4 cm³/mol. The molecule has 0 spiro atoms. The van der Waals surface area contributed by atoms with Gasteiger partial charge in [0.2, 0.25) is 0 Å². The molecule has 3 nitrogen and oxygen atoms in total. The maximum atomic E-state index is 13.8. The van der Waals surface area contributed by atoms with Crippen LogP contribution in [0.2, 0.25) is 0 Å². The van der Waals surface area contributed by atoms with Gasteiger partial charge in [0.15, 0.2) is 5.82 Å². The van der Waals surface area contributed by atoms with Crippen LogP contribution < -0.4 is 0 Å². The minimum atomic E-state index is -0.286. The van der Waals surface area contributed by atoms with Crippen molar-refractivity contribution >= 4 is 27.0 Å². The van der Waals surface area contributed by atoms with Crippen LogP contribution in [0.5, 0.6) is 0 Å². The van der Waals surface area contributed by atoms with Gasteiger partial charge >= 0.3 is 0 Å². The topological polar surface area (TPSA) is 27.1 Å². The fourth-order valence-corrected chi connectivity index (χ4v) is 2.76. The summed E-state index contributed by atoms with van der Waals surface area (Å²) in [4.78, 5) is 4.33. The lowest BCUT2D eigenvalue weighted by molar-refractivity contribution is 0.0554. The molecule has 1 aromatic carbocycles. The average Bonchev–Trinajstić information content (AvgIpc) is 2.68. The second kappa shape index (κ2) is 4.07. The van der Waals surface area contributed by atoms with Gasteiger partial charge in [0.1, 0.15) is 17.9 Å². The van der Waals surface area contributed by atoms with E-state index in [2.05, 4.69) is 32.4 Å². The zero-order valence-electron chi connectivity index (χ0n) is 9.41. The highest BCUT2D eigenvalue weighted by Gasteiger charge is 2.24. The maximum absolute atomic E-state index is 13.8. The summed E-state index contributed by atoms with van der Waals surface area (Å²) in [5.41, 5.74) is 1.29. The molecule has 0 aliphatic carbocycles. The molecule has 2 heterocycles. The normalized spacial score (nSPS) is 19.6. The standard InChI is InChI=1S/C12H12BrFN2O/c1-2-8-5-17-6-11-15-12-9(14)3-7(13)4-10(12)16(8)11/h3-4,8H,2,5-6H2,1H3. The van der Waals surface area contributed by atoms with E-state index in [1.807, 2.05) is 6.07 Å². The summed E-state index contributed by atoms with van der Waals surface area (Å²) in [5.74, 6) is 0.529. The molecule has 5 heteroatoms. The van der Waals surface area contributed by atoms with Gasteiger partial charge in [-0.1, -0.05) is 22.9 Å². The molecule has 1 aromatic heterocycles. The van der Waals surface area contributed by atoms with E-state index < -0.39 is 0 Å². The van der Waals surface area contributed by atoms with Crippen LogP contribution in [0.15, 0.2) is 16.6 Å². The second-order valence-corrected chi connectivity index (χ2v) is 5.15. The van der Waals surface area contributed by atoms with E-state index >= 15 is 0 Å². The van der Waals surface area contributed by atoms with Crippen molar-refractivity contribution in [3.8, 4) is 0 Å². The van der Waals surface area contributed by atoms with E-state index in [0.29, 0.717) is 18.7 Å². The molecule has 90 valence electrons. The first-order chi connectivity index (χ1) is 8.20. The Labute approximate surface area is 107 Å². The Bertz CT molecular complexity index is 581. The maximum Gasteiger partial charge on any atom is 0.152 e. The van der Waals surface area contributed by atoms with Crippen LogP contribution in [-0.4, -0.2) is 16.2 Å². The monoisotopic (exact) mass is 298 g/mol. The second-order valence-electron chi connectivity index (χ2n) is 4.23. The highest BCUT2D eigenvalue weighted by molar-refractivity contribution is 9.10. The molecule has 0 amide bonds. The minimum absolute atomic E-state index is 0.248. The fourth-order valence-electron chi connectivity index (χ4n) is 2.34. The molecule has 1 atom stereocenters. The van der Waals surface area contributed by atoms with Crippen molar-refractivity contribution in [2.45, 2.75) is 26.0 Å². The van der Waals surface area contributed by atoms with Crippen molar-refractivity contribution < 1.29 is 9.13 Å². The molecule has 1 unspecified atom stereocenters. The first-order valence-electron chi connectivity index (χ1n) is 5.64. The summed E-state index contributed by atoms with van der Waals surface area (Å²) in [6, 6.07) is 3.61. The molecule has 0 saturated heterocycles. The summed E-state index contributed by atoms with van der Waals surface area (Å²) < 4.78 is 22.1. The SMILES string of the molecule is CCC1COCc2nc3c(F)cc(Br)cc3n21. The molecular weight excluding hydrogens is 287 g/mol. The van der Waals surface area contributed by atoms with Gasteiger partial charge < -0.3 is 9.30 Å². The number of imidazole rings is 1. The number of hydrogen-bond acceptors (Lipinski definition) is 2. The molecule has 0 fully saturated rings. The van der Waals surface area contributed by atoms with Crippen molar-refractivity contribution in [1.82, 2.24) is 9.55 Å². The first kappa shape index (κ1) is 11.2. The van der Waals surface area contributed by atoms with Gasteiger partial charge in [-0.2, -0.15) is 0 Å². The summed E-state index contributed by atoms with van der Waals surface area (Å²) >= 11 is 3.33. The van der Waals surface area contributed by atoms with Crippen molar-refractivity contribution in [3.05, 3.63) is 28.2 Å². The van der Waals surface area contributed by atoms with E-state index in [-0.39, 0.29) is 11.9 Å². The third kappa shape index (κ3) is 1.68. The van der Waals surface area contributed by atoms with Crippen LogP contribution in [0.4, 0.5) is 4.39 Å². The number of aromatic nitrogens is 2. The smallest absolute Gasteiger partial charge is 0.152 e. The van der Waals surface area contributed by atoms with E-state index in [1.54, 1.807) is 0 Å². The number of benzene rings is 1. The van der Waals surface area contributed by atoms with Gasteiger partial charge in [-0.05, 0) is 18.6 Å². The van der Waals surface area contributed by atoms with Gasteiger partial charge in [0.25, 0.3) is 0 Å². The minimum Gasteiger partial charge on any atom is -0.371 e. The van der Waals surface area contributed by atoms with Crippen LogP contribution >= 0.6 is 15.9 Å². The zero-order chi connectivity index (χ0) is 12.0. The third-order valence-corrected chi connectivity index (χ3v) is 3.62. The molecule has 17 heavy (non-hydrogen) atoms. The molecular formula is C12H12BrFN2O. The van der Waals surface area contributed by atoms with E-state index in [9.17, 15) is 4.39 Å². The number of halogens is 2. The Kier molecular flexibility index (Phi) is 2.67. The van der Waals surface area contributed by atoms with Gasteiger partial charge in [0, 0.05) is 4.47 Å². The van der Waals surface area contributed by atoms with E-state index in [1.165, 1.54) is 6.07 Å². The molecule has 0 bridgehead atoms. The Morgan fingerprint density at radius 1 is 1.59 bits per heavy atom. The summed E-state index contributed by atoms with van der Waals surface area (Å²) in [7, 11) is 0. The van der Waals surface area contributed by atoms with Gasteiger partial charge in [0.05, 0.1) is 18.2 Å². The predicted octanol–water partition coefficient (Wildman–Crippen LogP) is 3.42. The van der Waals surface area contributed by atoms with Crippen molar-refractivity contribution in [2.75, 3.05) is 6.61 Å². The summed E-state index contributed by atoms with van der Waals surface area (Å²) in [6.07, 6.45) is 0.951. The molecule has 3 rings (SSSR count). The Hall–Kier alpha value is -0.940. The Balaban J connectivity index is 2.32. The molecule has 1 aliphatic heterocycles. The highest BCUT2D eigenvalue weighted by atomic mass is 79.9. The van der Waals surface area contributed by atoms with E-state index in [0.717, 1.165) is 22.2 Å². The van der Waals surface area contributed by atoms with Crippen LogP contribution in [0.3, 0.4) is 0 Å². The number of ether oxygens (including phenoxy) is 1. The fraction of sp³-hybridized carbons (Fsp3) is 0.417. The van der Waals surface area contributed by atoms with Crippen LogP contribution in [-0.2, 0) is 11.3 Å². The lowest BCUT2D eigenvalue weighted by Crippen LogP contribution is -2.23. The van der Waals surface area contributed by atoms with Crippen LogP contribution in [0.1, 0.15) is 25.2 Å². The van der Waals surface area contributed by atoms with Crippen molar-refractivity contribution in [3.63, 3.8) is 0 Å². The van der Waals surface area contributed by atoms with Crippen LogP contribution in [0.25, 0.3) is 11.0 Å². The molecule has 0 radical (unpaired) electrons. The lowest BCUT2D eigenvalue weighted by atomic mass is 10.2. The number of fused-ring (bicyclic) bond motifs is 3. The van der Waals surface area contributed by atoms with Crippen molar-refractivity contribution in [1.29, 1.82) is 0 Å². The number of hydrogen-bond donors (Lipinski definition) is 0. The van der Waals surface area contributed by atoms with Gasteiger partial charge in [-0.25, -0.2) is 9.37 Å². The van der Waals surface area contributed by atoms with Crippen LogP contribution in [0, 0.1) is 5.82 Å². The average molecular weight is 299 g/mol. The highest BCUT2D eigenvalue weighted by Crippen LogP contribution is 2.30. The molecule has 1 aliphatic rings. The number of rotatable bonds is 1. The summed E-state index contributed by atoms with van der Waals surface area (Å²) in [6.45, 7) is 3.23. The first-order valence-corrected chi connectivity index (χ1v) is 6.43. The Morgan fingerprint density at radius 2 is 2.41 bits per heavy atom. The molecule has 0 N–H and O–H groups in total. The van der Waals surface area contributed by atoms with Crippen molar-refractivity contribution in [2.24, 2.45) is 0 Å². The molecule has 0 saturated carbocycles.